The number of nitrogens with zero attached hydrogens (tertiary/aromatic N) is 1. The number of unbranched alkanes of at least 4 members (excludes halogenated alkanes) is 1. The predicted octanol–water partition coefficient (Wildman–Crippen LogP) is 4.32. The zero-order chi connectivity index (χ0) is 13.2. The van der Waals surface area contributed by atoms with E-state index in [9.17, 15) is 0 Å². The predicted molar refractivity (Wildman–Crippen MR) is 81.8 cm³/mol. The van der Waals surface area contributed by atoms with E-state index >= 15 is 0 Å². The minimum absolute atomic E-state index is 0.555. The van der Waals surface area contributed by atoms with Gasteiger partial charge in [0.25, 0.3) is 0 Å². The van der Waals surface area contributed by atoms with Crippen molar-refractivity contribution in [2.45, 2.75) is 52.0 Å². The van der Waals surface area contributed by atoms with Gasteiger partial charge in [0.15, 0.2) is 0 Å². The minimum Gasteiger partial charge on any atom is -0.381 e. The van der Waals surface area contributed by atoms with E-state index in [0.29, 0.717) is 6.04 Å². The van der Waals surface area contributed by atoms with Crippen LogP contribution in [-0.4, -0.2) is 11.0 Å². The van der Waals surface area contributed by atoms with Crippen LogP contribution in [0.15, 0.2) is 24.3 Å². The van der Waals surface area contributed by atoms with E-state index in [0.717, 1.165) is 11.9 Å². The van der Waals surface area contributed by atoms with Crippen LogP contribution in [0.5, 0.6) is 0 Å². The molecule has 0 amide bonds. The van der Waals surface area contributed by atoms with Gasteiger partial charge in [0.2, 0.25) is 0 Å². The van der Waals surface area contributed by atoms with Gasteiger partial charge in [-0.1, -0.05) is 31.5 Å². The Labute approximate surface area is 115 Å². The topological polar surface area (TPSA) is 24.9 Å². The molecule has 2 nitrogen and oxygen atoms in total. The van der Waals surface area contributed by atoms with E-state index in [1.165, 1.54) is 48.0 Å². The van der Waals surface area contributed by atoms with Gasteiger partial charge in [-0.25, -0.2) is 0 Å². The SMILES string of the molecule is CCCCc1ccc2ccc3c(c2n1)N[C@H](C)CC3. The first-order valence-electron chi connectivity index (χ1n) is 7.46. The van der Waals surface area contributed by atoms with Gasteiger partial charge in [0.1, 0.15) is 0 Å². The van der Waals surface area contributed by atoms with Crippen molar-refractivity contribution in [3.05, 3.63) is 35.5 Å². The maximum atomic E-state index is 4.90. The first-order chi connectivity index (χ1) is 9.28. The van der Waals surface area contributed by atoms with Gasteiger partial charge in [-0.3, -0.25) is 4.98 Å². The molecule has 0 fully saturated rings. The summed E-state index contributed by atoms with van der Waals surface area (Å²) in [7, 11) is 0. The standard InChI is InChI=1S/C17H22N2/c1-3-4-5-15-11-10-14-9-8-13-7-6-12(2)18-16(13)17(14)19-15/h8-12,18H,3-7H2,1-2H3/t12-/m1/s1. The maximum absolute atomic E-state index is 4.90. The van der Waals surface area contributed by atoms with Crippen LogP contribution in [0.4, 0.5) is 5.69 Å². The first-order valence-corrected chi connectivity index (χ1v) is 7.46. The normalized spacial score (nSPS) is 18.1. The molecule has 1 aromatic carbocycles. The minimum atomic E-state index is 0.555. The van der Waals surface area contributed by atoms with Crippen LogP contribution in [-0.2, 0) is 12.8 Å². The van der Waals surface area contributed by atoms with Gasteiger partial charge in [-0.05, 0) is 44.2 Å². The van der Waals surface area contributed by atoms with Crippen LogP contribution < -0.4 is 5.32 Å². The van der Waals surface area contributed by atoms with Crippen LogP contribution in [0, 0.1) is 0 Å². The van der Waals surface area contributed by atoms with E-state index in [1.54, 1.807) is 0 Å². The molecule has 2 heteroatoms. The summed E-state index contributed by atoms with van der Waals surface area (Å²) in [5, 5.41) is 4.87. The smallest absolute Gasteiger partial charge is 0.0939 e. The largest absolute Gasteiger partial charge is 0.381 e. The molecule has 19 heavy (non-hydrogen) atoms. The van der Waals surface area contributed by atoms with Crippen LogP contribution in [0.25, 0.3) is 10.9 Å². The number of hydrogen-bond acceptors (Lipinski definition) is 2. The van der Waals surface area contributed by atoms with E-state index in [-0.39, 0.29) is 0 Å². The second kappa shape index (κ2) is 5.20. The van der Waals surface area contributed by atoms with Crippen molar-refractivity contribution in [3.8, 4) is 0 Å². The summed E-state index contributed by atoms with van der Waals surface area (Å²) in [6, 6.07) is 9.41. The molecule has 1 N–H and O–H groups in total. The number of hydrogen-bond donors (Lipinski definition) is 1. The number of anilines is 1. The average molecular weight is 254 g/mol. The van der Waals surface area contributed by atoms with Crippen molar-refractivity contribution in [3.63, 3.8) is 0 Å². The van der Waals surface area contributed by atoms with Gasteiger partial charge >= 0.3 is 0 Å². The lowest BCUT2D eigenvalue weighted by Crippen LogP contribution is -2.22. The van der Waals surface area contributed by atoms with Crippen molar-refractivity contribution in [1.82, 2.24) is 4.98 Å². The molecule has 0 bridgehead atoms. The lowest BCUT2D eigenvalue weighted by Gasteiger charge is -2.25. The van der Waals surface area contributed by atoms with E-state index < -0.39 is 0 Å². The molecule has 0 spiro atoms. The van der Waals surface area contributed by atoms with Crippen molar-refractivity contribution in [1.29, 1.82) is 0 Å². The number of benzene rings is 1. The highest BCUT2D eigenvalue weighted by atomic mass is 14.9. The molecule has 1 atom stereocenters. The molecule has 100 valence electrons. The summed E-state index contributed by atoms with van der Waals surface area (Å²) in [5.41, 5.74) is 5.08. The maximum Gasteiger partial charge on any atom is 0.0939 e. The molecule has 0 unspecified atom stereocenters. The summed E-state index contributed by atoms with van der Waals surface area (Å²) >= 11 is 0. The van der Waals surface area contributed by atoms with Gasteiger partial charge < -0.3 is 5.32 Å². The Hall–Kier alpha value is -1.57. The van der Waals surface area contributed by atoms with Gasteiger partial charge in [0, 0.05) is 17.1 Å². The second-order valence-electron chi connectivity index (χ2n) is 5.66. The van der Waals surface area contributed by atoms with Crippen LogP contribution in [0.2, 0.25) is 0 Å². The molecular weight excluding hydrogens is 232 g/mol. The molecule has 0 aliphatic carbocycles. The molecule has 2 aromatic rings. The van der Waals surface area contributed by atoms with Crippen LogP contribution >= 0.6 is 0 Å². The molecule has 1 aliphatic rings. The number of rotatable bonds is 3. The fraction of sp³-hybridized carbons (Fsp3) is 0.471. The molecular formula is C17H22N2. The highest BCUT2D eigenvalue weighted by Gasteiger charge is 2.17. The number of aryl methyl sites for hydroxylation is 2. The number of fused-ring (bicyclic) bond motifs is 3. The Morgan fingerprint density at radius 3 is 2.95 bits per heavy atom. The molecule has 0 radical (unpaired) electrons. The van der Waals surface area contributed by atoms with E-state index in [1.807, 2.05) is 0 Å². The highest BCUT2D eigenvalue weighted by Crippen LogP contribution is 2.31. The van der Waals surface area contributed by atoms with Crippen molar-refractivity contribution >= 4 is 16.6 Å². The van der Waals surface area contributed by atoms with Gasteiger partial charge in [0.05, 0.1) is 11.2 Å². The Balaban J connectivity index is 2.06. The molecule has 0 saturated carbocycles. The third kappa shape index (κ3) is 2.44. The monoisotopic (exact) mass is 254 g/mol. The number of aromatic nitrogens is 1. The lowest BCUT2D eigenvalue weighted by atomic mass is 9.96. The Morgan fingerprint density at radius 1 is 1.26 bits per heavy atom. The molecule has 1 aliphatic heterocycles. The van der Waals surface area contributed by atoms with Crippen molar-refractivity contribution < 1.29 is 0 Å². The zero-order valence-electron chi connectivity index (χ0n) is 11.9. The number of pyridine rings is 1. The van der Waals surface area contributed by atoms with E-state index in [2.05, 4.69) is 43.4 Å². The van der Waals surface area contributed by atoms with Gasteiger partial charge in [-0.2, -0.15) is 0 Å². The summed E-state index contributed by atoms with van der Waals surface area (Å²) in [6.07, 6.45) is 5.92. The molecule has 1 aromatic heterocycles. The third-order valence-electron chi connectivity index (χ3n) is 4.03. The molecule has 3 rings (SSSR count). The number of nitrogens with one attached hydrogen (secondary N) is 1. The summed E-state index contributed by atoms with van der Waals surface area (Å²) in [4.78, 5) is 4.90. The quantitative estimate of drug-likeness (QED) is 0.882. The van der Waals surface area contributed by atoms with Crippen LogP contribution in [0.3, 0.4) is 0 Å². The Kier molecular flexibility index (Phi) is 3.41. The molecule has 2 heterocycles. The summed E-state index contributed by atoms with van der Waals surface area (Å²) < 4.78 is 0. The zero-order valence-corrected chi connectivity index (χ0v) is 11.9. The fourth-order valence-electron chi connectivity index (χ4n) is 2.83. The first kappa shape index (κ1) is 12.5. The Morgan fingerprint density at radius 2 is 2.11 bits per heavy atom. The lowest BCUT2D eigenvalue weighted by molar-refractivity contribution is 0.682. The van der Waals surface area contributed by atoms with Crippen molar-refractivity contribution in [2.75, 3.05) is 5.32 Å². The molecule has 0 saturated heterocycles. The third-order valence-corrected chi connectivity index (χ3v) is 4.03. The highest BCUT2D eigenvalue weighted by molar-refractivity contribution is 5.92. The van der Waals surface area contributed by atoms with Crippen molar-refractivity contribution in [2.24, 2.45) is 0 Å². The van der Waals surface area contributed by atoms with E-state index in [4.69, 9.17) is 4.98 Å². The van der Waals surface area contributed by atoms with Gasteiger partial charge in [-0.15, -0.1) is 0 Å². The van der Waals surface area contributed by atoms with Crippen LogP contribution in [0.1, 0.15) is 44.4 Å². The second-order valence-corrected chi connectivity index (χ2v) is 5.66. The fourth-order valence-corrected chi connectivity index (χ4v) is 2.83. The summed E-state index contributed by atoms with van der Waals surface area (Å²) in [6.45, 7) is 4.48. The summed E-state index contributed by atoms with van der Waals surface area (Å²) in [5.74, 6) is 0. The Bertz CT molecular complexity index is 589. The average Bonchev–Trinajstić information content (AvgIpc) is 2.44.